The first-order chi connectivity index (χ1) is 19.5. The van der Waals surface area contributed by atoms with E-state index in [0.717, 1.165) is 72.6 Å². The van der Waals surface area contributed by atoms with Gasteiger partial charge in [-0.25, -0.2) is 0 Å². The van der Waals surface area contributed by atoms with Crippen molar-refractivity contribution in [2.24, 2.45) is 0 Å². The van der Waals surface area contributed by atoms with Crippen LogP contribution >= 0.6 is 11.8 Å². The maximum absolute atomic E-state index is 11.8. The van der Waals surface area contributed by atoms with Crippen LogP contribution in [-0.2, 0) is 11.4 Å². The maximum Gasteiger partial charge on any atom is 0.290 e. The van der Waals surface area contributed by atoms with E-state index in [4.69, 9.17) is 14.2 Å². The highest BCUT2D eigenvalue weighted by atomic mass is 32.2. The third-order valence-corrected chi connectivity index (χ3v) is 8.36. The number of ether oxygens (including phenoxy) is 3. The Balaban J connectivity index is 1.06. The summed E-state index contributed by atoms with van der Waals surface area (Å²) in [5.41, 5.74) is 3.21. The summed E-state index contributed by atoms with van der Waals surface area (Å²) >= 11 is 0.921. The number of nitrogens with zero attached hydrogens (tertiary/aromatic N) is 1. The van der Waals surface area contributed by atoms with E-state index in [0.29, 0.717) is 11.5 Å². The minimum absolute atomic E-state index is 0.0951. The summed E-state index contributed by atoms with van der Waals surface area (Å²) in [5.74, 6) is 2.53. The van der Waals surface area contributed by atoms with Gasteiger partial charge in [-0.1, -0.05) is 42.5 Å². The van der Waals surface area contributed by atoms with E-state index in [9.17, 15) is 9.59 Å². The zero-order valence-electron chi connectivity index (χ0n) is 22.4. The Morgan fingerprint density at radius 3 is 2.62 bits per heavy atom. The number of carbonyl (C=O) groups excluding carboxylic acids is 2. The quantitative estimate of drug-likeness (QED) is 0.341. The second-order valence-electron chi connectivity index (χ2n) is 10.5. The van der Waals surface area contributed by atoms with Gasteiger partial charge < -0.3 is 14.2 Å². The first-order valence-electron chi connectivity index (χ1n) is 13.7. The Hall–Kier alpha value is -3.75. The van der Waals surface area contributed by atoms with Gasteiger partial charge in [-0.3, -0.25) is 19.8 Å². The van der Waals surface area contributed by atoms with Gasteiger partial charge in [0.05, 0.1) is 4.91 Å². The zero-order valence-corrected chi connectivity index (χ0v) is 23.2. The van der Waals surface area contributed by atoms with Crippen LogP contribution in [0.5, 0.6) is 17.2 Å². The highest BCUT2D eigenvalue weighted by molar-refractivity contribution is 8.18. The van der Waals surface area contributed by atoms with E-state index in [1.54, 1.807) is 6.08 Å². The standard InChI is InChI=1S/C32H32N2O5S/c1-21-28(27-17-25(13-14-29(27)38-21)37-20-23-6-3-2-4-7-23)19-34-15-5-8-26(18-34)39-24-11-9-22(10-12-24)16-30-31(35)33-32(36)40-30/h2-4,6-7,9-14,16-17,21,26,28H,5,8,15,18-20H2,1H3,(H,33,35,36)/b30-16+. The summed E-state index contributed by atoms with van der Waals surface area (Å²) in [6.07, 6.45) is 4.00. The van der Waals surface area contributed by atoms with Gasteiger partial charge in [-0.2, -0.15) is 0 Å². The predicted octanol–water partition coefficient (Wildman–Crippen LogP) is 6.00. The molecule has 0 bridgehead atoms. The molecule has 6 rings (SSSR count). The number of piperidine rings is 1. The van der Waals surface area contributed by atoms with Crippen molar-refractivity contribution in [2.75, 3.05) is 19.6 Å². The molecule has 3 atom stereocenters. The number of imide groups is 1. The number of thioether (sulfide) groups is 1. The minimum Gasteiger partial charge on any atom is -0.490 e. The fourth-order valence-electron chi connectivity index (χ4n) is 5.50. The number of benzene rings is 3. The second-order valence-corrected chi connectivity index (χ2v) is 11.5. The van der Waals surface area contributed by atoms with Crippen molar-refractivity contribution >= 4 is 29.0 Å². The topological polar surface area (TPSA) is 77.1 Å². The highest BCUT2D eigenvalue weighted by Gasteiger charge is 2.34. The molecule has 3 aromatic rings. The molecule has 3 heterocycles. The number of amides is 2. The van der Waals surface area contributed by atoms with Gasteiger partial charge in [0.1, 0.15) is 36.1 Å². The van der Waals surface area contributed by atoms with Crippen molar-refractivity contribution in [1.82, 2.24) is 10.2 Å². The van der Waals surface area contributed by atoms with Crippen molar-refractivity contribution < 1.29 is 23.8 Å². The predicted molar refractivity (Wildman–Crippen MR) is 156 cm³/mol. The van der Waals surface area contributed by atoms with E-state index in [-0.39, 0.29) is 29.3 Å². The molecule has 0 aliphatic carbocycles. The number of hydrogen-bond acceptors (Lipinski definition) is 7. The Morgan fingerprint density at radius 2 is 1.85 bits per heavy atom. The average Bonchev–Trinajstić information content (AvgIpc) is 3.45. The Morgan fingerprint density at radius 1 is 1.05 bits per heavy atom. The highest BCUT2D eigenvalue weighted by Crippen LogP contribution is 2.41. The van der Waals surface area contributed by atoms with Crippen LogP contribution in [-0.4, -0.2) is 47.9 Å². The summed E-state index contributed by atoms with van der Waals surface area (Å²) in [6, 6.07) is 24.0. The number of rotatable bonds is 8. The van der Waals surface area contributed by atoms with Gasteiger partial charge >= 0.3 is 0 Å². The number of nitrogens with one attached hydrogen (secondary N) is 1. The molecule has 2 fully saturated rings. The first kappa shape index (κ1) is 26.5. The van der Waals surface area contributed by atoms with E-state index >= 15 is 0 Å². The summed E-state index contributed by atoms with van der Waals surface area (Å²) in [5, 5.41) is 1.94. The van der Waals surface area contributed by atoms with E-state index in [1.807, 2.05) is 54.6 Å². The summed E-state index contributed by atoms with van der Waals surface area (Å²) in [4.78, 5) is 26.1. The van der Waals surface area contributed by atoms with Crippen LogP contribution in [0.4, 0.5) is 4.79 Å². The molecule has 7 nitrogen and oxygen atoms in total. The Bertz CT molecular complexity index is 1410. The fraction of sp³-hybridized carbons (Fsp3) is 0.312. The molecule has 2 saturated heterocycles. The molecule has 3 aliphatic heterocycles. The summed E-state index contributed by atoms with van der Waals surface area (Å²) in [7, 11) is 0. The van der Waals surface area contributed by atoms with Crippen LogP contribution in [0.1, 0.15) is 42.4 Å². The molecule has 3 unspecified atom stereocenters. The molecule has 0 aromatic heterocycles. The SMILES string of the molecule is CC1Oc2ccc(OCc3ccccc3)cc2C1CN1CCCC(Oc2ccc(/C=C3/SC(=O)NC3=O)cc2)C1. The molecule has 0 saturated carbocycles. The maximum atomic E-state index is 11.8. The minimum atomic E-state index is -0.349. The molecule has 0 radical (unpaired) electrons. The Kier molecular flexibility index (Phi) is 7.80. The van der Waals surface area contributed by atoms with Gasteiger partial charge in [-0.15, -0.1) is 0 Å². The van der Waals surface area contributed by atoms with Gasteiger partial charge in [0.25, 0.3) is 11.1 Å². The van der Waals surface area contributed by atoms with Gasteiger partial charge in [0, 0.05) is 24.6 Å². The lowest BCUT2D eigenvalue weighted by Gasteiger charge is -2.35. The lowest BCUT2D eigenvalue weighted by atomic mass is 9.94. The van der Waals surface area contributed by atoms with Gasteiger partial charge in [-0.05, 0) is 85.6 Å². The van der Waals surface area contributed by atoms with Gasteiger partial charge in [0.2, 0.25) is 0 Å². The van der Waals surface area contributed by atoms with Crippen LogP contribution in [0.2, 0.25) is 0 Å². The van der Waals surface area contributed by atoms with Crippen LogP contribution in [0.15, 0.2) is 77.7 Å². The lowest BCUT2D eigenvalue weighted by Crippen LogP contribution is -2.43. The van der Waals surface area contributed by atoms with Crippen molar-refractivity contribution in [2.45, 2.75) is 44.5 Å². The molecular formula is C32H32N2O5S. The third kappa shape index (κ3) is 6.18. The molecule has 2 amide bonds. The van der Waals surface area contributed by atoms with Crippen molar-refractivity contribution in [3.63, 3.8) is 0 Å². The van der Waals surface area contributed by atoms with Crippen LogP contribution in [0.3, 0.4) is 0 Å². The third-order valence-electron chi connectivity index (χ3n) is 7.55. The number of fused-ring (bicyclic) bond motifs is 1. The number of likely N-dealkylation sites (tertiary alicyclic amines) is 1. The summed E-state index contributed by atoms with van der Waals surface area (Å²) < 4.78 is 18.7. The van der Waals surface area contributed by atoms with Crippen molar-refractivity contribution in [3.05, 3.63) is 94.4 Å². The van der Waals surface area contributed by atoms with Crippen LogP contribution < -0.4 is 19.5 Å². The Labute approximate surface area is 238 Å². The zero-order chi connectivity index (χ0) is 27.5. The van der Waals surface area contributed by atoms with E-state index in [2.05, 4.69) is 35.3 Å². The molecule has 40 heavy (non-hydrogen) atoms. The normalized spacial score (nSPS) is 23.5. The fourth-order valence-corrected chi connectivity index (χ4v) is 6.18. The largest absolute Gasteiger partial charge is 0.490 e. The molecular weight excluding hydrogens is 524 g/mol. The van der Waals surface area contributed by atoms with Crippen LogP contribution in [0, 0.1) is 0 Å². The molecule has 8 heteroatoms. The molecule has 3 aliphatic rings. The summed E-state index contributed by atoms with van der Waals surface area (Å²) in [6.45, 7) is 5.48. The van der Waals surface area contributed by atoms with Crippen molar-refractivity contribution in [3.8, 4) is 17.2 Å². The van der Waals surface area contributed by atoms with Gasteiger partial charge in [0.15, 0.2) is 0 Å². The first-order valence-corrected chi connectivity index (χ1v) is 14.5. The molecule has 0 spiro atoms. The lowest BCUT2D eigenvalue weighted by molar-refractivity contribution is -0.115. The molecule has 206 valence electrons. The van der Waals surface area contributed by atoms with E-state index in [1.165, 1.54) is 5.56 Å². The molecule has 3 aromatic carbocycles. The van der Waals surface area contributed by atoms with E-state index < -0.39 is 0 Å². The monoisotopic (exact) mass is 556 g/mol. The van der Waals surface area contributed by atoms with Crippen molar-refractivity contribution in [1.29, 1.82) is 0 Å². The smallest absolute Gasteiger partial charge is 0.290 e. The average molecular weight is 557 g/mol. The number of carbonyl (C=O) groups is 2. The number of hydrogen-bond donors (Lipinski definition) is 1. The van der Waals surface area contributed by atoms with Crippen LogP contribution in [0.25, 0.3) is 6.08 Å². The molecule has 1 N–H and O–H groups in total. The second kappa shape index (κ2) is 11.8.